The summed E-state index contributed by atoms with van der Waals surface area (Å²) < 4.78 is 0. The standard InChI is InChI=1S/C15H21N3/c1-4-18(10-11(2)3)15-7-8-17-14-9-12(16)5-6-13(14)15/h5-9,11H,4,10,16H2,1-3H3. The first kappa shape index (κ1) is 12.7. The molecule has 0 atom stereocenters. The van der Waals surface area contributed by atoms with E-state index in [-0.39, 0.29) is 0 Å². The minimum absolute atomic E-state index is 0.641. The largest absolute Gasteiger partial charge is 0.399 e. The highest BCUT2D eigenvalue weighted by Crippen LogP contribution is 2.27. The van der Waals surface area contributed by atoms with Gasteiger partial charge in [-0.25, -0.2) is 0 Å². The molecule has 18 heavy (non-hydrogen) atoms. The fourth-order valence-corrected chi connectivity index (χ4v) is 2.26. The molecule has 2 N–H and O–H groups in total. The van der Waals surface area contributed by atoms with E-state index < -0.39 is 0 Å². The van der Waals surface area contributed by atoms with E-state index >= 15 is 0 Å². The zero-order valence-electron chi connectivity index (χ0n) is 11.4. The van der Waals surface area contributed by atoms with Crippen LogP contribution in [0.4, 0.5) is 11.4 Å². The molecule has 0 aliphatic carbocycles. The highest BCUT2D eigenvalue weighted by molar-refractivity contribution is 5.93. The lowest BCUT2D eigenvalue weighted by Crippen LogP contribution is -2.27. The highest BCUT2D eigenvalue weighted by Gasteiger charge is 2.10. The predicted octanol–water partition coefficient (Wildman–Crippen LogP) is 3.30. The maximum atomic E-state index is 5.81. The van der Waals surface area contributed by atoms with Gasteiger partial charge in [0.2, 0.25) is 0 Å². The normalized spacial score (nSPS) is 11.1. The lowest BCUT2D eigenvalue weighted by molar-refractivity contribution is 0.620. The maximum absolute atomic E-state index is 5.81. The van der Waals surface area contributed by atoms with E-state index in [1.807, 2.05) is 18.3 Å². The van der Waals surface area contributed by atoms with Crippen molar-refractivity contribution in [3.05, 3.63) is 30.5 Å². The van der Waals surface area contributed by atoms with Crippen LogP contribution in [0, 0.1) is 5.92 Å². The lowest BCUT2D eigenvalue weighted by Gasteiger charge is -2.26. The van der Waals surface area contributed by atoms with Crippen LogP contribution in [0.25, 0.3) is 10.9 Å². The third kappa shape index (κ3) is 2.55. The summed E-state index contributed by atoms with van der Waals surface area (Å²) in [5.41, 5.74) is 8.79. The van der Waals surface area contributed by atoms with Crippen LogP contribution in [-0.2, 0) is 0 Å². The zero-order valence-corrected chi connectivity index (χ0v) is 11.4. The smallest absolute Gasteiger partial charge is 0.0743 e. The van der Waals surface area contributed by atoms with Crippen LogP contribution in [0.2, 0.25) is 0 Å². The van der Waals surface area contributed by atoms with Gasteiger partial charge >= 0.3 is 0 Å². The van der Waals surface area contributed by atoms with Crippen LogP contribution in [-0.4, -0.2) is 18.1 Å². The molecule has 2 rings (SSSR count). The van der Waals surface area contributed by atoms with Crippen LogP contribution in [0.15, 0.2) is 30.5 Å². The van der Waals surface area contributed by atoms with Gasteiger partial charge < -0.3 is 10.6 Å². The van der Waals surface area contributed by atoms with Gasteiger partial charge in [0.15, 0.2) is 0 Å². The topological polar surface area (TPSA) is 42.2 Å². The Kier molecular flexibility index (Phi) is 3.70. The van der Waals surface area contributed by atoms with Crippen LogP contribution in [0.5, 0.6) is 0 Å². The Balaban J connectivity index is 2.49. The van der Waals surface area contributed by atoms with Gasteiger partial charge in [-0.15, -0.1) is 0 Å². The molecule has 0 saturated carbocycles. The lowest BCUT2D eigenvalue weighted by atomic mass is 10.1. The molecule has 0 spiro atoms. The molecule has 0 bridgehead atoms. The van der Waals surface area contributed by atoms with Gasteiger partial charge in [0.05, 0.1) is 5.52 Å². The number of rotatable bonds is 4. The number of hydrogen-bond acceptors (Lipinski definition) is 3. The monoisotopic (exact) mass is 243 g/mol. The molecule has 1 heterocycles. The molecule has 96 valence electrons. The van der Waals surface area contributed by atoms with Crippen molar-refractivity contribution in [3.8, 4) is 0 Å². The van der Waals surface area contributed by atoms with Crippen molar-refractivity contribution in [3.63, 3.8) is 0 Å². The summed E-state index contributed by atoms with van der Waals surface area (Å²) in [5, 5.41) is 1.18. The molecule has 2 aromatic rings. The average molecular weight is 243 g/mol. The Morgan fingerprint density at radius 2 is 2.06 bits per heavy atom. The predicted molar refractivity (Wildman–Crippen MR) is 78.9 cm³/mol. The zero-order chi connectivity index (χ0) is 13.1. The Morgan fingerprint density at radius 3 is 2.72 bits per heavy atom. The summed E-state index contributed by atoms with van der Waals surface area (Å²) >= 11 is 0. The number of benzene rings is 1. The van der Waals surface area contributed by atoms with Crippen molar-refractivity contribution in [1.29, 1.82) is 0 Å². The van der Waals surface area contributed by atoms with Crippen molar-refractivity contribution in [2.24, 2.45) is 5.92 Å². The fraction of sp³-hybridized carbons (Fsp3) is 0.400. The van der Waals surface area contributed by atoms with Gasteiger partial charge in [0.1, 0.15) is 0 Å². The molecule has 1 aromatic carbocycles. The SMILES string of the molecule is CCN(CC(C)C)c1ccnc2cc(N)ccc12. The second-order valence-electron chi connectivity index (χ2n) is 5.04. The van der Waals surface area contributed by atoms with Crippen molar-refractivity contribution >= 4 is 22.3 Å². The summed E-state index contributed by atoms with van der Waals surface area (Å²) in [5.74, 6) is 0.641. The van der Waals surface area contributed by atoms with Crippen LogP contribution < -0.4 is 10.6 Å². The number of pyridine rings is 1. The van der Waals surface area contributed by atoms with E-state index in [0.29, 0.717) is 5.92 Å². The van der Waals surface area contributed by atoms with Gasteiger partial charge in [0, 0.05) is 36.0 Å². The molecule has 0 radical (unpaired) electrons. The second kappa shape index (κ2) is 5.25. The number of hydrogen-bond donors (Lipinski definition) is 1. The first-order chi connectivity index (χ1) is 8.61. The Bertz CT molecular complexity index is 534. The van der Waals surface area contributed by atoms with E-state index in [9.17, 15) is 0 Å². The molecule has 3 heteroatoms. The Labute approximate surface area is 109 Å². The number of nitrogen functional groups attached to an aromatic ring is 1. The molecule has 0 aliphatic heterocycles. The summed E-state index contributed by atoms with van der Waals surface area (Å²) in [7, 11) is 0. The molecule has 0 saturated heterocycles. The third-order valence-corrected chi connectivity index (χ3v) is 3.05. The van der Waals surface area contributed by atoms with Gasteiger partial charge in [0.25, 0.3) is 0 Å². The van der Waals surface area contributed by atoms with Crippen molar-refractivity contribution < 1.29 is 0 Å². The molecule has 0 amide bonds. The summed E-state index contributed by atoms with van der Waals surface area (Å²) in [6.45, 7) is 8.72. The molecule has 0 unspecified atom stereocenters. The van der Waals surface area contributed by atoms with E-state index in [4.69, 9.17) is 5.73 Å². The Morgan fingerprint density at radius 1 is 1.28 bits per heavy atom. The van der Waals surface area contributed by atoms with Crippen LogP contribution in [0.3, 0.4) is 0 Å². The van der Waals surface area contributed by atoms with E-state index in [1.54, 1.807) is 0 Å². The Hall–Kier alpha value is -1.77. The third-order valence-electron chi connectivity index (χ3n) is 3.05. The van der Waals surface area contributed by atoms with Crippen molar-refractivity contribution in [2.75, 3.05) is 23.7 Å². The number of aromatic nitrogens is 1. The van der Waals surface area contributed by atoms with E-state index in [1.165, 1.54) is 11.1 Å². The van der Waals surface area contributed by atoms with E-state index in [2.05, 4.69) is 42.8 Å². The molecular weight excluding hydrogens is 222 g/mol. The number of nitrogens with zero attached hydrogens (tertiary/aromatic N) is 2. The summed E-state index contributed by atoms with van der Waals surface area (Å²) in [6, 6.07) is 8.03. The fourth-order valence-electron chi connectivity index (χ4n) is 2.26. The molecule has 1 aromatic heterocycles. The average Bonchev–Trinajstić information content (AvgIpc) is 2.34. The minimum Gasteiger partial charge on any atom is -0.399 e. The van der Waals surface area contributed by atoms with Gasteiger partial charge in [-0.3, -0.25) is 4.98 Å². The highest BCUT2D eigenvalue weighted by atomic mass is 15.1. The summed E-state index contributed by atoms with van der Waals surface area (Å²) in [6.07, 6.45) is 1.86. The number of nitrogens with two attached hydrogens (primary N) is 1. The molecular formula is C15H21N3. The van der Waals surface area contributed by atoms with Crippen molar-refractivity contribution in [2.45, 2.75) is 20.8 Å². The number of anilines is 2. The van der Waals surface area contributed by atoms with Crippen LogP contribution >= 0.6 is 0 Å². The van der Waals surface area contributed by atoms with Gasteiger partial charge in [-0.2, -0.15) is 0 Å². The molecule has 0 aliphatic rings. The van der Waals surface area contributed by atoms with Crippen LogP contribution in [0.1, 0.15) is 20.8 Å². The van der Waals surface area contributed by atoms with Gasteiger partial charge in [-0.1, -0.05) is 13.8 Å². The maximum Gasteiger partial charge on any atom is 0.0743 e. The first-order valence-electron chi connectivity index (χ1n) is 6.51. The van der Waals surface area contributed by atoms with Crippen molar-refractivity contribution in [1.82, 2.24) is 4.98 Å². The first-order valence-corrected chi connectivity index (χ1v) is 6.51. The quantitative estimate of drug-likeness (QED) is 0.838. The van der Waals surface area contributed by atoms with E-state index in [0.717, 1.165) is 24.3 Å². The van der Waals surface area contributed by atoms with Gasteiger partial charge in [-0.05, 0) is 37.1 Å². The molecule has 3 nitrogen and oxygen atoms in total. The second-order valence-corrected chi connectivity index (χ2v) is 5.04. The molecule has 0 fully saturated rings. The number of fused-ring (bicyclic) bond motifs is 1. The summed E-state index contributed by atoms with van der Waals surface area (Å²) in [4.78, 5) is 6.79. The minimum atomic E-state index is 0.641.